The molecular weight excluding hydrogens is 463 g/mol. The molecular formula is C23H13FN4O3S2. The summed E-state index contributed by atoms with van der Waals surface area (Å²) in [5, 5.41) is 15.6. The highest BCUT2D eigenvalue weighted by molar-refractivity contribution is 7.18. The summed E-state index contributed by atoms with van der Waals surface area (Å²) in [5.41, 5.74) is 3.07. The van der Waals surface area contributed by atoms with E-state index in [2.05, 4.69) is 10.3 Å². The molecule has 5 rings (SSSR count). The van der Waals surface area contributed by atoms with Crippen molar-refractivity contribution >= 4 is 49.6 Å². The molecule has 1 N–H and O–H groups in total. The normalized spacial score (nSPS) is 10.9. The van der Waals surface area contributed by atoms with Crippen molar-refractivity contribution in [3.05, 3.63) is 92.9 Å². The maximum atomic E-state index is 13.4. The first-order valence-corrected chi connectivity index (χ1v) is 11.4. The van der Waals surface area contributed by atoms with Crippen LogP contribution in [0, 0.1) is 15.9 Å². The van der Waals surface area contributed by atoms with Crippen molar-refractivity contribution in [2.75, 3.05) is 5.32 Å². The highest BCUT2D eigenvalue weighted by atomic mass is 32.1. The summed E-state index contributed by atoms with van der Waals surface area (Å²) < 4.78 is 14.1. The lowest BCUT2D eigenvalue weighted by Crippen LogP contribution is -2.12. The van der Waals surface area contributed by atoms with E-state index in [1.165, 1.54) is 35.6 Å². The fourth-order valence-corrected chi connectivity index (χ4v) is 4.95. The molecule has 3 aromatic heterocycles. The monoisotopic (exact) mass is 476 g/mol. The highest BCUT2D eigenvalue weighted by Crippen LogP contribution is 2.38. The average molecular weight is 477 g/mol. The van der Waals surface area contributed by atoms with Crippen LogP contribution in [0.5, 0.6) is 0 Å². The second-order valence-electron chi connectivity index (χ2n) is 6.94. The molecule has 0 spiro atoms. The summed E-state index contributed by atoms with van der Waals surface area (Å²) in [6, 6.07) is 18.2. The number of carbonyl (C=O) groups is 1. The molecule has 3 heterocycles. The number of hydrogen-bond donors (Lipinski definition) is 1. The standard InChI is InChI=1S/C23H13FN4O3S2/c24-15-8-6-14(7-9-15)21-25-19-16(13-4-2-1-3-5-13)12-32-20(19)22(26-21)27-23(29)17-10-11-18(33-17)28(30)31/h1-12H,(H,25,26,27,29). The number of fused-ring (bicyclic) bond motifs is 1. The molecule has 2 aromatic carbocycles. The smallest absolute Gasteiger partial charge is 0.305 e. The fraction of sp³-hybridized carbons (Fsp3) is 0. The predicted octanol–water partition coefficient (Wildman–Crippen LogP) is 6.39. The summed E-state index contributed by atoms with van der Waals surface area (Å²) >= 11 is 2.17. The predicted molar refractivity (Wildman–Crippen MR) is 127 cm³/mol. The summed E-state index contributed by atoms with van der Waals surface area (Å²) in [5.74, 6) is -0.279. The lowest BCUT2D eigenvalue weighted by atomic mass is 10.1. The van der Waals surface area contributed by atoms with E-state index in [1.807, 2.05) is 35.7 Å². The Morgan fingerprint density at radius 1 is 0.970 bits per heavy atom. The molecule has 0 saturated heterocycles. The third-order valence-corrected chi connectivity index (χ3v) is 6.84. The number of nitro groups is 1. The number of anilines is 1. The quantitative estimate of drug-likeness (QED) is 0.234. The van der Waals surface area contributed by atoms with Gasteiger partial charge in [-0.3, -0.25) is 14.9 Å². The van der Waals surface area contributed by atoms with Crippen molar-refractivity contribution in [3.8, 4) is 22.5 Å². The van der Waals surface area contributed by atoms with Crippen LogP contribution < -0.4 is 5.32 Å². The second kappa shape index (κ2) is 8.49. The summed E-state index contributed by atoms with van der Waals surface area (Å²) in [7, 11) is 0. The van der Waals surface area contributed by atoms with Crippen LogP contribution in [0.2, 0.25) is 0 Å². The summed E-state index contributed by atoms with van der Waals surface area (Å²) in [6.45, 7) is 0. The average Bonchev–Trinajstić information content (AvgIpc) is 3.48. The topological polar surface area (TPSA) is 98.0 Å². The minimum Gasteiger partial charge on any atom is -0.305 e. The van der Waals surface area contributed by atoms with Gasteiger partial charge in [0.15, 0.2) is 11.6 Å². The molecule has 5 aromatic rings. The van der Waals surface area contributed by atoms with E-state index in [4.69, 9.17) is 4.98 Å². The number of nitrogens with one attached hydrogen (secondary N) is 1. The van der Waals surface area contributed by atoms with Crippen LogP contribution in [0.15, 0.2) is 72.1 Å². The third kappa shape index (κ3) is 4.09. The largest absolute Gasteiger partial charge is 0.324 e. The second-order valence-corrected chi connectivity index (χ2v) is 8.89. The Kier molecular flexibility index (Phi) is 5.37. The molecule has 0 unspecified atom stereocenters. The van der Waals surface area contributed by atoms with Gasteiger partial charge in [-0.05, 0) is 35.9 Å². The van der Waals surface area contributed by atoms with Crippen LogP contribution in [0.25, 0.3) is 32.7 Å². The zero-order valence-electron chi connectivity index (χ0n) is 16.7. The number of benzene rings is 2. The van der Waals surface area contributed by atoms with Crippen LogP contribution >= 0.6 is 22.7 Å². The van der Waals surface area contributed by atoms with E-state index in [0.29, 0.717) is 21.6 Å². The Morgan fingerprint density at radius 2 is 1.73 bits per heavy atom. The number of aromatic nitrogens is 2. The van der Waals surface area contributed by atoms with Gasteiger partial charge in [0.25, 0.3) is 5.91 Å². The first kappa shape index (κ1) is 20.9. The van der Waals surface area contributed by atoms with E-state index in [0.717, 1.165) is 22.5 Å². The Bertz CT molecular complexity index is 1500. The number of nitrogens with zero attached hydrogens (tertiary/aromatic N) is 3. The molecule has 0 aliphatic heterocycles. The minimum atomic E-state index is -0.539. The Hall–Kier alpha value is -4.02. The van der Waals surface area contributed by atoms with Crippen molar-refractivity contribution in [2.45, 2.75) is 0 Å². The molecule has 0 aliphatic carbocycles. The lowest BCUT2D eigenvalue weighted by molar-refractivity contribution is -0.380. The van der Waals surface area contributed by atoms with E-state index in [9.17, 15) is 19.3 Å². The van der Waals surface area contributed by atoms with Gasteiger partial charge in [-0.15, -0.1) is 11.3 Å². The van der Waals surface area contributed by atoms with Crippen molar-refractivity contribution in [2.24, 2.45) is 0 Å². The van der Waals surface area contributed by atoms with E-state index in [1.54, 1.807) is 12.1 Å². The summed E-state index contributed by atoms with van der Waals surface area (Å²) in [6.07, 6.45) is 0. The van der Waals surface area contributed by atoms with Crippen molar-refractivity contribution < 1.29 is 14.1 Å². The van der Waals surface area contributed by atoms with E-state index >= 15 is 0 Å². The number of hydrogen-bond acceptors (Lipinski definition) is 7. The third-order valence-electron chi connectivity index (χ3n) is 4.83. The molecule has 0 saturated carbocycles. The van der Waals surface area contributed by atoms with Gasteiger partial charge in [0, 0.05) is 22.6 Å². The Morgan fingerprint density at radius 3 is 2.42 bits per heavy atom. The molecule has 0 radical (unpaired) electrons. The zero-order valence-corrected chi connectivity index (χ0v) is 18.3. The number of amides is 1. The number of carbonyl (C=O) groups excluding carboxylic acids is 1. The first-order valence-electron chi connectivity index (χ1n) is 9.66. The van der Waals surface area contributed by atoms with Crippen LogP contribution in [0.4, 0.5) is 15.2 Å². The van der Waals surface area contributed by atoms with Gasteiger partial charge in [0.2, 0.25) is 0 Å². The Balaban J connectivity index is 1.63. The van der Waals surface area contributed by atoms with Gasteiger partial charge in [-0.25, -0.2) is 14.4 Å². The molecule has 162 valence electrons. The molecule has 1 amide bonds. The number of halogens is 1. The zero-order chi connectivity index (χ0) is 22.9. The first-order chi connectivity index (χ1) is 16.0. The molecule has 33 heavy (non-hydrogen) atoms. The van der Waals surface area contributed by atoms with Crippen molar-refractivity contribution in [1.29, 1.82) is 0 Å². The minimum absolute atomic E-state index is 0.123. The highest BCUT2D eigenvalue weighted by Gasteiger charge is 2.20. The van der Waals surface area contributed by atoms with Gasteiger partial charge >= 0.3 is 5.00 Å². The molecule has 10 heteroatoms. The molecule has 0 atom stereocenters. The molecule has 0 fully saturated rings. The fourth-order valence-electron chi connectivity index (χ4n) is 3.27. The van der Waals surface area contributed by atoms with Crippen molar-refractivity contribution in [1.82, 2.24) is 9.97 Å². The molecule has 7 nitrogen and oxygen atoms in total. The van der Waals surface area contributed by atoms with Crippen LogP contribution in [-0.4, -0.2) is 20.8 Å². The van der Waals surface area contributed by atoms with Crippen LogP contribution in [0.3, 0.4) is 0 Å². The maximum absolute atomic E-state index is 13.4. The van der Waals surface area contributed by atoms with E-state index in [-0.39, 0.29) is 21.5 Å². The van der Waals surface area contributed by atoms with Gasteiger partial charge in [-0.1, -0.05) is 41.7 Å². The SMILES string of the molecule is O=C(Nc1nc(-c2ccc(F)cc2)nc2c(-c3ccccc3)csc12)c1ccc([N+](=O)[O-])s1. The molecule has 0 aliphatic rings. The lowest BCUT2D eigenvalue weighted by Gasteiger charge is -2.08. The Labute approximate surface area is 194 Å². The van der Waals surface area contributed by atoms with E-state index < -0.39 is 10.8 Å². The number of rotatable bonds is 5. The van der Waals surface area contributed by atoms with Gasteiger partial charge < -0.3 is 5.32 Å². The summed E-state index contributed by atoms with van der Waals surface area (Å²) in [4.78, 5) is 32.7. The van der Waals surface area contributed by atoms with Crippen LogP contribution in [0.1, 0.15) is 9.67 Å². The van der Waals surface area contributed by atoms with Crippen molar-refractivity contribution in [3.63, 3.8) is 0 Å². The van der Waals surface area contributed by atoms with Gasteiger partial charge in [0.1, 0.15) is 5.82 Å². The maximum Gasteiger partial charge on any atom is 0.324 e. The van der Waals surface area contributed by atoms with Gasteiger partial charge in [0.05, 0.1) is 20.0 Å². The molecule has 0 bridgehead atoms. The van der Waals surface area contributed by atoms with Crippen LogP contribution in [-0.2, 0) is 0 Å². The number of thiophene rings is 2. The van der Waals surface area contributed by atoms with Gasteiger partial charge in [-0.2, -0.15) is 0 Å².